The van der Waals surface area contributed by atoms with Crippen molar-refractivity contribution in [3.05, 3.63) is 0 Å². The summed E-state index contributed by atoms with van der Waals surface area (Å²) in [7, 11) is 7.37. The Hall–Kier alpha value is -0.440. The molecule has 0 saturated carbocycles. The average molecular weight is 465 g/mol. The van der Waals surface area contributed by atoms with Gasteiger partial charge in [0.05, 0.1) is 0 Å². The van der Waals surface area contributed by atoms with E-state index in [0.29, 0.717) is 0 Å². The molecule has 0 aromatic heterocycles. The number of rotatable bonds is 12. The summed E-state index contributed by atoms with van der Waals surface area (Å²) in [6, 6.07) is 0. The van der Waals surface area contributed by atoms with Crippen LogP contribution in [0.4, 0.5) is 0 Å². The standard InChI is InChI=1S/C13H28O6.C5H12O2.CH4O2.CH4O/c1-11(2,14-7)16-9-18-13(5,6)19-10-17-12(3,4)15-8;1-5(2,6-3)7-4;2-1-3;1-2/h9-10H2,1-8H3;1-4H3;2-3H,1H2;2H,1H3. The third-order valence-electron chi connectivity index (χ3n) is 3.59. The van der Waals surface area contributed by atoms with Crippen molar-refractivity contribution < 1.29 is 53.2 Å². The van der Waals surface area contributed by atoms with Crippen LogP contribution in [-0.4, -0.2) is 94.4 Å². The molecular weight excluding hydrogens is 416 g/mol. The van der Waals surface area contributed by atoms with E-state index in [1.165, 1.54) is 0 Å². The molecule has 0 unspecified atom stereocenters. The maximum absolute atomic E-state index is 7.12. The van der Waals surface area contributed by atoms with Gasteiger partial charge >= 0.3 is 0 Å². The first-order valence-electron chi connectivity index (χ1n) is 9.50. The monoisotopic (exact) mass is 464 g/mol. The topological polar surface area (TPSA) is 135 Å². The SMILES string of the molecule is CO.COC(C)(C)OC.COC(C)(C)OCOC(C)(C)OCOC(C)(C)OC.OCO. The summed E-state index contributed by atoms with van der Waals surface area (Å²) in [4.78, 5) is 0. The second kappa shape index (κ2) is 20.2. The van der Waals surface area contributed by atoms with Crippen molar-refractivity contribution in [3.63, 3.8) is 0 Å². The Morgan fingerprint density at radius 3 is 0.806 bits per heavy atom. The van der Waals surface area contributed by atoms with Crippen molar-refractivity contribution in [1.29, 1.82) is 0 Å². The molecule has 0 aliphatic heterocycles. The summed E-state index contributed by atoms with van der Waals surface area (Å²) in [6.45, 7) is 13.8. The van der Waals surface area contributed by atoms with E-state index in [9.17, 15) is 0 Å². The third kappa shape index (κ3) is 29.6. The van der Waals surface area contributed by atoms with Gasteiger partial charge in [-0.15, -0.1) is 0 Å². The Balaban J connectivity index is -0.000000251. The average Bonchev–Trinajstić information content (AvgIpc) is 2.70. The minimum absolute atomic E-state index is 0.0571. The van der Waals surface area contributed by atoms with Crippen LogP contribution in [0.2, 0.25) is 0 Å². The molecule has 0 aliphatic carbocycles. The van der Waals surface area contributed by atoms with Crippen LogP contribution >= 0.6 is 0 Å². The molecule has 0 saturated heterocycles. The highest BCUT2D eigenvalue weighted by molar-refractivity contribution is 4.54. The molecule has 0 aromatic carbocycles. The van der Waals surface area contributed by atoms with Crippen LogP contribution < -0.4 is 0 Å². The van der Waals surface area contributed by atoms with Gasteiger partial charge in [-0.2, -0.15) is 0 Å². The van der Waals surface area contributed by atoms with E-state index >= 15 is 0 Å². The van der Waals surface area contributed by atoms with Gasteiger partial charge < -0.3 is 53.2 Å². The zero-order chi connectivity index (χ0) is 25.8. The lowest BCUT2D eigenvalue weighted by Crippen LogP contribution is -2.36. The lowest BCUT2D eigenvalue weighted by atomic mass is 10.4. The predicted octanol–water partition coefficient (Wildman–Crippen LogP) is 2.02. The van der Waals surface area contributed by atoms with E-state index in [-0.39, 0.29) is 13.6 Å². The number of aliphatic hydroxyl groups excluding tert-OH is 2. The second-order valence-electron chi connectivity index (χ2n) is 7.37. The molecule has 0 amide bonds. The van der Waals surface area contributed by atoms with E-state index in [4.69, 9.17) is 53.2 Å². The number of ether oxygens (including phenoxy) is 8. The zero-order valence-corrected chi connectivity index (χ0v) is 21.7. The van der Waals surface area contributed by atoms with Crippen molar-refractivity contribution in [2.24, 2.45) is 0 Å². The molecule has 0 aliphatic rings. The molecule has 11 heteroatoms. The Bertz CT molecular complexity index is 342. The minimum Gasteiger partial charge on any atom is -0.400 e. The molecule has 0 fully saturated rings. The van der Waals surface area contributed by atoms with Gasteiger partial charge in [-0.05, 0) is 55.4 Å². The van der Waals surface area contributed by atoms with Gasteiger partial charge in [0, 0.05) is 35.5 Å². The van der Waals surface area contributed by atoms with Crippen molar-refractivity contribution in [1.82, 2.24) is 0 Å². The molecule has 3 N–H and O–H groups in total. The highest BCUT2D eigenvalue weighted by Gasteiger charge is 2.24. The second-order valence-corrected chi connectivity index (χ2v) is 7.37. The number of hydrogen-bond acceptors (Lipinski definition) is 11. The smallest absolute Gasteiger partial charge is 0.168 e. The lowest BCUT2D eigenvalue weighted by Gasteiger charge is -2.30. The van der Waals surface area contributed by atoms with E-state index in [0.717, 1.165) is 7.11 Å². The fourth-order valence-electron chi connectivity index (χ4n) is 0.869. The predicted molar refractivity (Wildman–Crippen MR) is 116 cm³/mol. The molecule has 194 valence electrons. The lowest BCUT2D eigenvalue weighted by molar-refractivity contribution is -0.336. The summed E-state index contributed by atoms with van der Waals surface area (Å²) in [5.74, 6) is -2.62. The quantitative estimate of drug-likeness (QED) is 0.366. The van der Waals surface area contributed by atoms with Crippen LogP contribution in [0.15, 0.2) is 0 Å². The molecule has 0 aromatic rings. The number of hydrogen-bond donors (Lipinski definition) is 3. The van der Waals surface area contributed by atoms with Gasteiger partial charge in [0.2, 0.25) is 0 Å². The van der Waals surface area contributed by atoms with Crippen LogP contribution in [0.25, 0.3) is 0 Å². The van der Waals surface area contributed by atoms with Gasteiger partial charge in [-0.1, -0.05) is 0 Å². The van der Waals surface area contributed by atoms with Crippen LogP contribution in [0.3, 0.4) is 0 Å². The molecular formula is C20H48O11. The molecule has 0 heterocycles. The Labute approximate surface area is 188 Å². The Morgan fingerprint density at radius 1 is 0.452 bits per heavy atom. The molecule has 11 nitrogen and oxygen atoms in total. The van der Waals surface area contributed by atoms with Crippen molar-refractivity contribution in [2.45, 2.75) is 78.5 Å². The molecule has 0 atom stereocenters. The third-order valence-corrected chi connectivity index (χ3v) is 3.59. The fraction of sp³-hybridized carbons (Fsp3) is 1.00. The summed E-state index contributed by atoms with van der Waals surface area (Å²) in [5, 5.41) is 21.2. The summed E-state index contributed by atoms with van der Waals surface area (Å²) in [5.41, 5.74) is 0. The first-order valence-corrected chi connectivity index (χ1v) is 9.50. The van der Waals surface area contributed by atoms with Gasteiger partial charge in [-0.25, -0.2) is 0 Å². The first-order chi connectivity index (χ1) is 14.1. The van der Waals surface area contributed by atoms with Crippen molar-refractivity contribution in [3.8, 4) is 0 Å². The molecule has 31 heavy (non-hydrogen) atoms. The zero-order valence-electron chi connectivity index (χ0n) is 21.7. The van der Waals surface area contributed by atoms with Crippen LogP contribution in [0.1, 0.15) is 55.4 Å². The van der Waals surface area contributed by atoms with Crippen molar-refractivity contribution >= 4 is 0 Å². The molecule has 0 rings (SSSR count). The van der Waals surface area contributed by atoms with E-state index < -0.39 is 29.9 Å². The van der Waals surface area contributed by atoms with Crippen LogP contribution in [0.5, 0.6) is 0 Å². The van der Waals surface area contributed by atoms with Gasteiger partial charge in [-0.3, -0.25) is 0 Å². The maximum atomic E-state index is 7.12. The number of methoxy groups -OCH3 is 4. The van der Waals surface area contributed by atoms with Crippen molar-refractivity contribution in [2.75, 3.05) is 55.9 Å². The Kier molecular flexibility index (Phi) is 24.7. The minimum atomic E-state index is -0.826. The highest BCUT2D eigenvalue weighted by atomic mass is 16.8. The van der Waals surface area contributed by atoms with Gasteiger partial charge in [0.15, 0.2) is 36.7 Å². The summed E-state index contributed by atoms with van der Waals surface area (Å²) in [6.07, 6.45) is 0. The van der Waals surface area contributed by atoms with Gasteiger partial charge in [0.1, 0.15) is 6.79 Å². The van der Waals surface area contributed by atoms with Gasteiger partial charge in [0.25, 0.3) is 0 Å². The summed E-state index contributed by atoms with van der Waals surface area (Å²) < 4.78 is 41.7. The van der Waals surface area contributed by atoms with E-state index in [2.05, 4.69) is 0 Å². The van der Waals surface area contributed by atoms with E-state index in [1.807, 2.05) is 13.8 Å². The molecule has 0 bridgehead atoms. The maximum Gasteiger partial charge on any atom is 0.168 e. The van der Waals surface area contributed by atoms with Crippen LogP contribution in [-0.2, 0) is 37.9 Å². The molecule has 0 radical (unpaired) electrons. The molecule has 0 spiro atoms. The number of aliphatic hydroxyl groups is 3. The summed E-state index contributed by atoms with van der Waals surface area (Å²) >= 11 is 0. The fourth-order valence-corrected chi connectivity index (χ4v) is 0.869. The van der Waals surface area contributed by atoms with Crippen LogP contribution in [0, 0.1) is 0 Å². The first kappa shape index (κ1) is 37.9. The van der Waals surface area contributed by atoms with E-state index in [1.54, 1.807) is 70.0 Å². The highest BCUT2D eigenvalue weighted by Crippen LogP contribution is 2.17. The normalized spacial score (nSPS) is 12.0. The largest absolute Gasteiger partial charge is 0.400 e. The Morgan fingerprint density at radius 2 is 0.645 bits per heavy atom.